The first-order valence-electron chi connectivity index (χ1n) is 4.74. The van der Waals surface area contributed by atoms with Gasteiger partial charge in [0, 0.05) is 12.5 Å². The molecule has 4 nitrogen and oxygen atoms in total. The van der Waals surface area contributed by atoms with Crippen molar-refractivity contribution in [1.82, 2.24) is 9.78 Å². The summed E-state index contributed by atoms with van der Waals surface area (Å²) in [5, 5.41) is 7.05. The van der Waals surface area contributed by atoms with Crippen molar-refractivity contribution >= 4 is 27.7 Å². The predicted molar refractivity (Wildman–Crippen MR) is 63.7 cm³/mol. The molecule has 0 aliphatic heterocycles. The van der Waals surface area contributed by atoms with E-state index in [1.807, 2.05) is 27.7 Å². The van der Waals surface area contributed by atoms with Gasteiger partial charge in [-0.1, -0.05) is 20.8 Å². The summed E-state index contributed by atoms with van der Waals surface area (Å²) in [6.07, 6.45) is 0. The van der Waals surface area contributed by atoms with Crippen LogP contribution in [0.1, 0.15) is 26.5 Å². The molecule has 0 aromatic carbocycles. The molecule has 1 heterocycles. The Bertz CT molecular complexity index is 390. The van der Waals surface area contributed by atoms with Gasteiger partial charge in [-0.25, -0.2) is 0 Å². The third kappa shape index (κ3) is 2.59. The molecule has 1 amide bonds. The van der Waals surface area contributed by atoms with Gasteiger partial charge in [0.2, 0.25) is 5.91 Å². The Morgan fingerprint density at radius 3 is 2.33 bits per heavy atom. The Kier molecular flexibility index (Phi) is 3.23. The van der Waals surface area contributed by atoms with Crippen LogP contribution in [-0.2, 0) is 11.8 Å². The molecule has 0 aliphatic carbocycles. The average molecular weight is 274 g/mol. The van der Waals surface area contributed by atoms with Gasteiger partial charge in [0.25, 0.3) is 0 Å². The Morgan fingerprint density at radius 2 is 2.00 bits per heavy atom. The third-order valence-corrected chi connectivity index (χ3v) is 3.01. The van der Waals surface area contributed by atoms with Gasteiger partial charge >= 0.3 is 0 Å². The Hall–Kier alpha value is -0.840. The number of hydrogen-bond acceptors (Lipinski definition) is 2. The highest BCUT2D eigenvalue weighted by Gasteiger charge is 2.23. The van der Waals surface area contributed by atoms with Crippen LogP contribution in [0.4, 0.5) is 5.82 Å². The second-order valence-corrected chi connectivity index (χ2v) is 5.37. The number of nitrogens with one attached hydrogen (secondary N) is 1. The summed E-state index contributed by atoms with van der Waals surface area (Å²) >= 11 is 3.40. The van der Waals surface area contributed by atoms with Crippen molar-refractivity contribution in [2.45, 2.75) is 27.7 Å². The van der Waals surface area contributed by atoms with Crippen molar-refractivity contribution in [3.05, 3.63) is 10.2 Å². The molecular formula is C10H16BrN3O. The van der Waals surface area contributed by atoms with E-state index in [-0.39, 0.29) is 5.91 Å². The van der Waals surface area contributed by atoms with Crippen LogP contribution in [0.5, 0.6) is 0 Å². The van der Waals surface area contributed by atoms with Crippen molar-refractivity contribution in [1.29, 1.82) is 0 Å². The van der Waals surface area contributed by atoms with Crippen molar-refractivity contribution in [2.75, 3.05) is 5.32 Å². The minimum Gasteiger partial charge on any atom is -0.310 e. The smallest absolute Gasteiger partial charge is 0.230 e. The standard InChI is InChI=1S/C10H16BrN3O/c1-6-7(11)8(14(5)13-6)12-9(15)10(2,3)4/h1-5H3,(H,12,15). The number of amides is 1. The normalized spacial score (nSPS) is 11.6. The minimum absolute atomic E-state index is 0.0220. The topological polar surface area (TPSA) is 46.9 Å². The van der Waals surface area contributed by atoms with Crippen LogP contribution < -0.4 is 5.32 Å². The summed E-state index contributed by atoms with van der Waals surface area (Å²) in [5.41, 5.74) is 0.458. The highest BCUT2D eigenvalue weighted by Crippen LogP contribution is 2.26. The maximum absolute atomic E-state index is 11.8. The first kappa shape index (κ1) is 12.2. The van der Waals surface area contributed by atoms with Gasteiger partial charge in [-0.15, -0.1) is 0 Å². The fourth-order valence-electron chi connectivity index (χ4n) is 1.06. The second-order valence-electron chi connectivity index (χ2n) is 4.58. The molecular weight excluding hydrogens is 258 g/mol. The fraction of sp³-hybridized carbons (Fsp3) is 0.600. The molecule has 0 saturated carbocycles. The lowest BCUT2D eigenvalue weighted by Gasteiger charge is -2.17. The van der Waals surface area contributed by atoms with E-state index in [0.717, 1.165) is 10.2 Å². The molecule has 0 aliphatic rings. The summed E-state index contributed by atoms with van der Waals surface area (Å²) in [6.45, 7) is 7.51. The Balaban J connectivity index is 2.95. The number of rotatable bonds is 1. The van der Waals surface area contributed by atoms with Crippen LogP contribution in [-0.4, -0.2) is 15.7 Å². The van der Waals surface area contributed by atoms with Crippen LogP contribution >= 0.6 is 15.9 Å². The summed E-state index contributed by atoms with van der Waals surface area (Å²) in [5.74, 6) is 0.679. The molecule has 0 fully saturated rings. The van der Waals surface area contributed by atoms with Crippen LogP contribution in [0, 0.1) is 12.3 Å². The lowest BCUT2D eigenvalue weighted by molar-refractivity contribution is -0.123. The summed E-state index contributed by atoms with van der Waals surface area (Å²) in [4.78, 5) is 11.8. The number of anilines is 1. The van der Waals surface area contributed by atoms with Crippen molar-refractivity contribution < 1.29 is 4.79 Å². The number of hydrogen-bond donors (Lipinski definition) is 1. The molecule has 1 aromatic heterocycles. The first-order valence-corrected chi connectivity index (χ1v) is 5.53. The van der Waals surface area contributed by atoms with Gasteiger partial charge in [-0.3, -0.25) is 9.48 Å². The van der Waals surface area contributed by atoms with Crippen LogP contribution in [0.2, 0.25) is 0 Å². The number of halogens is 1. The van der Waals surface area contributed by atoms with Crippen molar-refractivity contribution in [3.63, 3.8) is 0 Å². The Labute approximate surface area is 98.2 Å². The van der Waals surface area contributed by atoms with Gasteiger partial charge in [-0.2, -0.15) is 5.10 Å². The van der Waals surface area contributed by atoms with Gasteiger partial charge in [0.1, 0.15) is 5.82 Å². The van der Waals surface area contributed by atoms with E-state index in [1.54, 1.807) is 11.7 Å². The SMILES string of the molecule is Cc1nn(C)c(NC(=O)C(C)(C)C)c1Br. The molecule has 1 rings (SSSR count). The second kappa shape index (κ2) is 3.96. The van der Waals surface area contributed by atoms with Crippen molar-refractivity contribution in [3.8, 4) is 0 Å². The number of nitrogens with zero attached hydrogens (tertiary/aromatic N) is 2. The summed E-state index contributed by atoms with van der Waals surface area (Å²) in [7, 11) is 1.80. The molecule has 0 spiro atoms. The molecule has 0 radical (unpaired) electrons. The zero-order valence-electron chi connectivity index (χ0n) is 9.68. The predicted octanol–water partition coefficient (Wildman–Crippen LogP) is 2.48. The molecule has 1 N–H and O–H groups in total. The molecule has 0 atom stereocenters. The number of carbonyl (C=O) groups is 1. The zero-order valence-corrected chi connectivity index (χ0v) is 11.3. The average Bonchev–Trinajstić information content (AvgIpc) is 2.30. The summed E-state index contributed by atoms with van der Waals surface area (Å²) < 4.78 is 2.49. The van der Waals surface area contributed by atoms with Crippen LogP contribution in [0.15, 0.2) is 4.47 Å². The van der Waals surface area contributed by atoms with E-state index >= 15 is 0 Å². The molecule has 5 heteroatoms. The maximum atomic E-state index is 11.8. The molecule has 0 unspecified atom stereocenters. The van der Waals surface area contributed by atoms with Gasteiger partial charge < -0.3 is 5.32 Å². The number of carbonyl (C=O) groups excluding carboxylic acids is 1. The van der Waals surface area contributed by atoms with E-state index < -0.39 is 5.41 Å². The van der Waals surface area contributed by atoms with Crippen molar-refractivity contribution in [2.24, 2.45) is 12.5 Å². The minimum atomic E-state index is -0.405. The quantitative estimate of drug-likeness (QED) is 0.855. The maximum Gasteiger partial charge on any atom is 0.230 e. The highest BCUT2D eigenvalue weighted by molar-refractivity contribution is 9.10. The molecule has 84 valence electrons. The largest absolute Gasteiger partial charge is 0.310 e. The third-order valence-electron chi connectivity index (χ3n) is 2.06. The molecule has 1 aromatic rings. The van der Waals surface area contributed by atoms with E-state index in [9.17, 15) is 4.79 Å². The molecule has 0 saturated heterocycles. The van der Waals surface area contributed by atoms with Gasteiger partial charge in [0.15, 0.2) is 0 Å². The monoisotopic (exact) mass is 273 g/mol. The fourth-order valence-corrected chi connectivity index (χ4v) is 1.50. The van der Waals surface area contributed by atoms with Crippen LogP contribution in [0.3, 0.4) is 0 Å². The Morgan fingerprint density at radius 1 is 1.47 bits per heavy atom. The summed E-state index contributed by atoms with van der Waals surface area (Å²) in [6, 6.07) is 0. The number of aromatic nitrogens is 2. The molecule has 0 bridgehead atoms. The van der Waals surface area contributed by atoms with Gasteiger partial charge in [-0.05, 0) is 22.9 Å². The van der Waals surface area contributed by atoms with E-state index in [1.165, 1.54) is 0 Å². The highest BCUT2D eigenvalue weighted by atomic mass is 79.9. The first-order chi connectivity index (χ1) is 6.73. The lowest BCUT2D eigenvalue weighted by Crippen LogP contribution is -2.28. The van der Waals surface area contributed by atoms with E-state index in [2.05, 4.69) is 26.3 Å². The number of aryl methyl sites for hydroxylation is 2. The molecule has 15 heavy (non-hydrogen) atoms. The van der Waals surface area contributed by atoms with E-state index in [0.29, 0.717) is 5.82 Å². The van der Waals surface area contributed by atoms with Crippen LogP contribution in [0.25, 0.3) is 0 Å². The lowest BCUT2D eigenvalue weighted by atomic mass is 9.96. The zero-order chi connectivity index (χ0) is 11.8. The van der Waals surface area contributed by atoms with Gasteiger partial charge in [0.05, 0.1) is 10.2 Å². The van der Waals surface area contributed by atoms with E-state index in [4.69, 9.17) is 0 Å².